The molecular formula is C16H25ClN2O. The minimum Gasteiger partial charge on any atom is -0.372 e. The van der Waals surface area contributed by atoms with Gasteiger partial charge >= 0.3 is 0 Å². The van der Waals surface area contributed by atoms with Gasteiger partial charge in [0, 0.05) is 25.7 Å². The Hall–Kier alpha value is -0.770. The molecule has 0 spiro atoms. The molecule has 1 saturated heterocycles. The topological polar surface area (TPSA) is 24.5 Å². The van der Waals surface area contributed by atoms with Gasteiger partial charge in [-0.2, -0.15) is 0 Å². The first-order valence-corrected chi connectivity index (χ1v) is 7.75. The Morgan fingerprint density at radius 1 is 1.30 bits per heavy atom. The maximum atomic E-state index is 6.46. The third-order valence-corrected chi connectivity index (χ3v) is 3.79. The molecule has 20 heavy (non-hydrogen) atoms. The average Bonchev–Trinajstić information content (AvgIpc) is 2.35. The van der Waals surface area contributed by atoms with Gasteiger partial charge in [-0.1, -0.05) is 31.5 Å². The van der Waals surface area contributed by atoms with E-state index in [9.17, 15) is 0 Å². The second-order valence-corrected chi connectivity index (χ2v) is 6.39. The van der Waals surface area contributed by atoms with E-state index >= 15 is 0 Å². The van der Waals surface area contributed by atoms with Gasteiger partial charge in [-0.05, 0) is 31.5 Å². The lowest BCUT2D eigenvalue weighted by molar-refractivity contribution is -0.00520. The van der Waals surface area contributed by atoms with Gasteiger partial charge in [-0.25, -0.2) is 0 Å². The Bertz CT molecular complexity index is 440. The van der Waals surface area contributed by atoms with Crippen LogP contribution in [0.5, 0.6) is 0 Å². The van der Waals surface area contributed by atoms with Crippen LogP contribution < -0.4 is 10.2 Å². The van der Waals surface area contributed by atoms with Crippen molar-refractivity contribution in [1.82, 2.24) is 5.32 Å². The number of hydrogen-bond donors (Lipinski definition) is 1. The van der Waals surface area contributed by atoms with Crippen LogP contribution >= 0.6 is 11.6 Å². The number of nitrogens with zero attached hydrogens (tertiary/aromatic N) is 1. The summed E-state index contributed by atoms with van der Waals surface area (Å²) in [5.41, 5.74) is 2.34. The van der Waals surface area contributed by atoms with E-state index in [4.69, 9.17) is 16.3 Å². The van der Waals surface area contributed by atoms with Crippen LogP contribution in [-0.4, -0.2) is 31.3 Å². The third-order valence-electron chi connectivity index (χ3n) is 3.49. The summed E-state index contributed by atoms with van der Waals surface area (Å²) in [5, 5.41) is 4.24. The van der Waals surface area contributed by atoms with Crippen molar-refractivity contribution in [3.05, 3.63) is 28.8 Å². The van der Waals surface area contributed by atoms with Crippen LogP contribution in [0, 0.1) is 0 Å². The lowest BCUT2D eigenvalue weighted by atomic mass is 10.1. The van der Waals surface area contributed by atoms with Gasteiger partial charge in [-0.15, -0.1) is 0 Å². The Balaban J connectivity index is 2.09. The summed E-state index contributed by atoms with van der Waals surface area (Å²) in [7, 11) is 0. The first-order valence-electron chi connectivity index (χ1n) is 7.38. The van der Waals surface area contributed by atoms with Crippen LogP contribution in [0.2, 0.25) is 5.02 Å². The predicted molar refractivity (Wildman–Crippen MR) is 85.6 cm³/mol. The van der Waals surface area contributed by atoms with E-state index in [0.29, 0.717) is 6.04 Å². The number of benzene rings is 1. The Morgan fingerprint density at radius 2 is 1.95 bits per heavy atom. The standard InChI is InChI=1S/C16H25ClN2O/c1-11(2)18-8-14-5-6-16(15(17)7-14)19-9-12(3)20-13(4)10-19/h5-7,11-13,18H,8-10H2,1-4H3/t12-,13+. The summed E-state index contributed by atoms with van der Waals surface area (Å²) >= 11 is 6.46. The highest BCUT2D eigenvalue weighted by Gasteiger charge is 2.23. The zero-order valence-electron chi connectivity index (χ0n) is 12.8. The number of ether oxygens (including phenoxy) is 1. The Morgan fingerprint density at radius 3 is 2.50 bits per heavy atom. The summed E-state index contributed by atoms with van der Waals surface area (Å²) in [6.45, 7) is 11.2. The number of rotatable bonds is 4. The van der Waals surface area contributed by atoms with Crippen LogP contribution in [0.4, 0.5) is 5.69 Å². The molecule has 1 aliphatic heterocycles. The van der Waals surface area contributed by atoms with Gasteiger partial charge < -0.3 is 15.0 Å². The molecule has 1 fully saturated rings. The molecule has 1 heterocycles. The number of morpholine rings is 1. The number of halogens is 1. The average molecular weight is 297 g/mol. The molecule has 0 saturated carbocycles. The van der Waals surface area contributed by atoms with Gasteiger partial charge in [0.1, 0.15) is 0 Å². The van der Waals surface area contributed by atoms with Crippen molar-refractivity contribution in [2.45, 2.75) is 52.5 Å². The van der Waals surface area contributed by atoms with Crippen molar-refractivity contribution in [2.75, 3.05) is 18.0 Å². The Labute approximate surface area is 127 Å². The molecule has 112 valence electrons. The van der Waals surface area contributed by atoms with Crippen molar-refractivity contribution in [3.8, 4) is 0 Å². The number of hydrogen-bond acceptors (Lipinski definition) is 3. The molecule has 0 radical (unpaired) electrons. The molecular weight excluding hydrogens is 272 g/mol. The predicted octanol–water partition coefficient (Wildman–Crippen LogP) is 3.45. The van der Waals surface area contributed by atoms with Crippen LogP contribution in [0.15, 0.2) is 18.2 Å². The molecule has 0 amide bonds. The quantitative estimate of drug-likeness (QED) is 0.921. The summed E-state index contributed by atoms with van der Waals surface area (Å²) < 4.78 is 5.77. The van der Waals surface area contributed by atoms with E-state index in [2.05, 4.69) is 56.1 Å². The fraction of sp³-hybridized carbons (Fsp3) is 0.625. The zero-order valence-corrected chi connectivity index (χ0v) is 13.6. The van der Waals surface area contributed by atoms with Crippen LogP contribution in [0.1, 0.15) is 33.3 Å². The van der Waals surface area contributed by atoms with Crippen LogP contribution in [0.3, 0.4) is 0 Å². The SMILES string of the molecule is CC(C)NCc1ccc(N2C[C@@H](C)O[C@@H](C)C2)c(Cl)c1. The van der Waals surface area contributed by atoms with Crippen LogP contribution in [0.25, 0.3) is 0 Å². The van der Waals surface area contributed by atoms with E-state index in [1.807, 2.05) is 0 Å². The van der Waals surface area contributed by atoms with E-state index in [1.54, 1.807) is 0 Å². The fourth-order valence-corrected chi connectivity index (χ4v) is 2.94. The minimum absolute atomic E-state index is 0.247. The third kappa shape index (κ3) is 4.11. The van der Waals surface area contributed by atoms with E-state index in [1.165, 1.54) is 5.56 Å². The summed E-state index contributed by atoms with van der Waals surface area (Å²) in [6.07, 6.45) is 0.495. The Kier molecular flexibility index (Phi) is 5.30. The highest BCUT2D eigenvalue weighted by atomic mass is 35.5. The first-order chi connectivity index (χ1) is 9.45. The summed E-state index contributed by atoms with van der Waals surface area (Å²) in [4.78, 5) is 2.32. The smallest absolute Gasteiger partial charge is 0.0726 e. The summed E-state index contributed by atoms with van der Waals surface area (Å²) in [5.74, 6) is 0. The zero-order chi connectivity index (χ0) is 14.7. The molecule has 1 aliphatic rings. The van der Waals surface area contributed by atoms with Crippen molar-refractivity contribution in [2.24, 2.45) is 0 Å². The van der Waals surface area contributed by atoms with Gasteiger partial charge in [0.05, 0.1) is 22.9 Å². The maximum Gasteiger partial charge on any atom is 0.0726 e. The van der Waals surface area contributed by atoms with Crippen molar-refractivity contribution >= 4 is 17.3 Å². The van der Waals surface area contributed by atoms with Gasteiger partial charge in [-0.3, -0.25) is 0 Å². The van der Waals surface area contributed by atoms with Crippen molar-refractivity contribution in [1.29, 1.82) is 0 Å². The van der Waals surface area contributed by atoms with E-state index < -0.39 is 0 Å². The molecule has 0 bridgehead atoms. The molecule has 2 atom stereocenters. The monoisotopic (exact) mass is 296 g/mol. The summed E-state index contributed by atoms with van der Waals surface area (Å²) in [6, 6.07) is 6.83. The molecule has 0 aromatic heterocycles. The lowest BCUT2D eigenvalue weighted by Gasteiger charge is -2.37. The van der Waals surface area contributed by atoms with Gasteiger partial charge in [0.2, 0.25) is 0 Å². The second-order valence-electron chi connectivity index (χ2n) is 5.98. The van der Waals surface area contributed by atoms with Gasteiger partial charge in [0.15, 0.2) is 0 Å². The first kappa shape index (κ1) is 15.6. The van der Waals surface area contributed by atoms with Crippen LogP contribution in [-0.2, 0) is 11.3 Å². The number of nitrogens with one attached hydrogen (secondary N) is 1. The molecule has 3 nitrogen and oxygen atoms in total. The van der Waals surface area contributed by atoms with E-state index in [-0.39, 0.29) is 12.2 Å². The van der Waals surface area contributed by atoms with Crippen molar-refractivity contribution in [3.63, 3.8) is 0 Å². The van der Waals surface area contributed by atoms with E-state index in [0.717, 1.165) is 30.3 Å². The highest BCUT2D eigenvalue weighted by Crippen LogP contribution is 2.29. The molecule has 1 aromatic rings. The maximum absolute atomic E-state index is 6.46. The second kappa shape index (κ2) is 6.79. The van der Waals surface area contributed by atoms with Gasteiger partial charge in [0.25, 0.3) is 0 Å². The van der Waals surface area contributed by atoms with Crippen molar-refractivity contribution < 1.29 is 4.74 Å². The molecule has 0 unspecified atom stereocenters. The molecule has 1 aromatic carbocycles. The molecule has 2 rings (SSSR count). The molecule has 4 heteroatoms. The fourth-order valence-electron chi connectivity index (χ4n) is 2.61. The number of anilines is 1. The highest BCUT2D eigenvalue weighted by molar-refractivity contribution is 6.33. The lowest BCUT2D eigenvalue weighted by Crippen LogP contribution is -2.45. The molecule has 0 aliphatic carbocycles. The normalized spacial score (nSPS) is 23.4. The minimum atomic E-state index is 0.247. The molecule has 1 N–H and O–H groups in total. The largest absolute Gasteiger partial charge is 0.372 e.